The molecule has 0 radical (unpaired) electrons. The van der Waals surface area contributed by atoms with Crippen molar-refractivity contribution in [1.82, 2.24) is 0 Å². The van der Waals surface area contributed by atoms with Gasteiger partial charge in [-0.1, -0.05) is 18.6 Å². The average molecular weight is 234 g/mol. The number of hydrogen-bond donors (Lipinski definition) is 1. The lowest BCUT2D eigenvalue weighted by Gasteiger charge is -2.30. The molecule has 0 spiro atoms. The molecule has 1 aliphatic rings. The summed E-state index contributed by atoms with van der Waals surface area (Å²) in [4.78, 5) is 11.1. The molecule has 0 aromatic heterocycles. The van der Waals surface area contributed by atoms with E-state index in [0.717, 1.165) is 30.6 Å². The van der Waals surface area contributed by atoms with Crippen LogP contribution in [-0.2, 0) is 4.79 Å². The fraction of sp³-hybridized carbons (Fsp3) is 0.500. The number of benzene rings is 1. The number of aliphatic carboxylic acids is 1. The standard InChI is InChI=1S/C14H18O3/c1-10-4-2-7-12(8-10)17-9-13(14(15)16)11-5-3-6-11/h2,4,7-8,11,13H,3,5-6,9H2,1H3,(H,15,16). The van der Waals surface area contributed by atoms with Gasteiger partial charge in [0.2, 0.25) is 0 Å². The molecule has 0 saturated heterocycles. The molecule has 0 amide bonds. The number of rotatable bonds is 5. The van der Waals surface area contributed by atoms with Crippen molar-refractivity contribution in [2.45, 2.75) is 26.2 Å². The van der Waals surface area contributed by atoms with Gasteiger partial charge in [0.05, 0.1) is 5.92 Å². The number of aryl methyl sites for hydroxylation is 1. The molecule has 1 aliphatic carbocycles. The van der Waals surface area contributed by atoms with Gasteiger partial charge in [0.25, 0.3) is 0 Å². The third-order valence-electron chi connectivity index (χ3n) is 3.46. The normalized spacial score (nSPS) is 17.2. The second-order valence-corrected chi connectivity index (χ2v) is 4.76. The summed E-state index contributed by atoms with van der Waals surface area (Å²) < 4.78 is 5.59. The molecule has 92 valence electrons. The van der Waals surface area contributed by atoms with Crippen LogP contribution in [0.1, 0.15) is 24.8 Å². The highest BCUT2D eigenvalue weighted by Crippen LogP contribution is 2.34. The Morgan fingerprint density at radius 3 is 2.82 bits per heavy atom. The van der Waals surface area contributed by atoms with E-state index in [1.165, 1.54) is 0 Å². The van der Waals surface area contributed by atoms with Crippen LogP contribution in [0, 0.1) is 18.8 Å². The van der Waals surface area contributed by atoms with Gasteiger partial charge in [-0.25, -0.2) is 0 Å². The molecule has 1 unspecified atom stereocenters. The molecule has 17 heavy (non-hydrogen) atoms. The molecule has 1 aromatic carbocycles. The molecule has 1 fully saturated rings. The van der Waals surface area contributed by atoms with Crippen molar-refractivity contribution in [3.8, 4) is 5.75 Å². The van der Waals surface area contributed by atoms with Crippen LogP contribution in [-0.4, -0.2) is 17.7 Å². The lowest BCUT2D eigenvalue weighted by molar-refractivity contribution is -0.146. The van der Waals surface area contributed by atoms with E-state index in [9.17, 15) is 4.79 Å². The Morgan fingerprint density at radius 2 is 2.29 bits per heavy atom. The van der Waals surface area contributed by atoms with Gasteiger partial charge in [-0.2, -0.15) is 0 Å². The zero-order valence-electron chi connectivity index (χ0n) is 10.1. The SMILES string of the molecule is Cc1cccc(OCC(C(=O)O)C2CCC2)c1. The van der Waals surface area contributed by atoms with Crippen LogP contribution < -0.4 is 4.74 Å². The van der Waals surface area contributed by atoms with Crippen molar-refractivity contribution in [3.63, 3.8) is 0 Å². The second-order valence-electron chi connectivity index (χ2n) is 4.76. The Morgan fingerprint density at radius 1 is 1.53 bits per heavy atom. The summed E-state index contributed by atoms with van der Waals surface area (Å²) in [5.41, 5.74) is 1.12. The Labute approximate surface area is 101 Å². The van der Waals surface area contributed by atoms with Gasteiger partial charge in [0, 0.05) is 0 Å². The molecule has 3 nitrogen and oxygen atoms in total. The highest BCUT2D eigenvalue weighted by atomic mass is 16.5. The van der Waals surface area contributed by atoms with Crippen LogP contribution in [0.3, 0.4) is 0 Å². The third-order valence-corrected chi connectivity index (χ3v) is 3.46. The zero-order chi connectivity index (χ0) is 12.3. The minimum atomic E-state index is -0.734. The largest absolute Gasteiger partial charge is 0.493 e. The molecule has 2 rings (SSSR count). The predicted octanol–water partition coefficient (Wildman–Crippen LogP) is 2.87. The highest BCUT2D eigenvalue weighted by molar-refractivity contribution is 5.70. The fourth-order valence-corrected chi connectivity index (χ4v) is 2.14. The minimum absolute atomic E-state index is 0.281. The van der Waals surface area contributed by atoms with Crippen molar-refractivity contribution in [1.29, 1.82) is 0 Å². The number of ether oxygens (including phenoxy) is 1. The summed E-state index contributed by atoms with van der Waals surface area (Å²) in [6, 6.07) is 7.71. The van der Waals surface area contributed by atoms with Crippen molar-refractivity contribution in [2.24, 2.45) is 11.8 Å². The molecule has 1 saturated carbocycles. The predicted molar refractivity (Wildman–Crippen MR) is 65.1 cm³/mol. The number of hydrogen-bond acceptors (Lipinski definition) is 2. The van der Waals surface area contributed by atoms with Crippen LogP contribution in [0.4, 0.5) is 0 Å². The van der Waals surface area contributed by atoms with Crippen molar-refractivity contribution >= 4 is 5.97 Å². The third kappa shape index (κ3) is 2.99. The van der Waals surface area contributed by atoms with Crippen molar-refractivity contribution < 1.29 is 14.6 Å². The lowest BCUT2D eigenvalue weighted by Crippen LogP contribution is -2.33. The van der Waals surface area contributed by atoms with Crippen LogP contribution in [0.2, 0.25) is 0 Å². The van der Waals surface area contributed by atoms with E-state index in [1.54, 1.807) is 0 Å². The first-order valence-electron chi connectivity index (χ1n) is 6.09. The van der Waals surface area contributed by atoms with Gasteiger partial charge in [-0.05, 0) is 43.4 Å². The van der Waals surface area contributed by atoms with Crippen LogP contribution in [0.15, 0.2) is 24.3 Å². The van der Waals surface area contributed by atoms with E-state index in [1.807, 2.05) is 31.2 Å². The summed E-state index contributed by atoms with van der Waals surface area (Å²) in [7, 11) is 0. The van der Waals surface area contributed by atoms with Crippen LogP contribution in [0.25, 0.3) is 0 Å². The molecule has 0 heterocycles. The Balaban J connectivity index is 1.92. The van der Waals surface area contributed by atoms with E-state index >= 15 is 0 Å². The minimum Gasteiger partial charge on any atom is -0.493 e. The molecular formula is C14H18O3. The topological polar surface area (TPSA) is 46.5 Å². The molecule has 1 atom stereocenters. The van der Waals surface area contributed by atoms with E-state index in [0.29, 0.717) is 5.92 Å². The van der Waals surface area contributed by atoms with Crippen LogP contribution >= 0.6 is 0 Å². The monoisotopic (exact) mass is 234 g/mol. The molecule has 1 N–H and O–H groups in total. The summed E-state index contributed by atoms with van der Waals surface area (Å²) in [5, 5.41) is 9.16. The molecular weight excluding hydrogens is 216 g/mol. The van der Waals surface area contributed by atoms with Gasteiger partial charge < -0.3 is 9.84 Å². The lowest BCUT2D eigenvalue weighted by atomic mass is 9.76. The first-order chi connectivity index (χ1) is 8.16. The van der Waals surface area contributed by atoms with E-state index in [4.69, 9.17) is 9.84 Å². The Hall–Kier alpha value is -1.51. The summed E-state index contributed by atoms with van der Waals surface area (Å²) in [6.45, 7) is 2.27. The zero-order valence-corrected chi connectivity index (χ0v) is 10.1. The van der Waals surface area contributed by atoms with Crippen molar-refractivity contribution in [2.75, 3.05) is 6.61 Å². The summed E-state index contributed by atoms with van der Waals surface area (Å²) in [5.74, 6) is -0.0282. The maximum Gasteiger partial charge on any atom is 0.310 e. The molecule has 3 heteroatoms. The second kappa shape index (κ2) is 5.21. The number of carboxylic acid groups (broad SMARTS) is 1. The van der Waals surface area contributed by atoms with Gasteiger partial charge in [0.15, 0.2) is 0 Å². The van der Waals surface area contributed by atoms with Gasteiger partial charge in [-0.3, -0.25) is 4.79 Å². The Bertz CT molecular complexity index is 396. The van der Waals surface area contributed by atoms with Gasteiger partial charge >= 0.3 is 5.97 Å². The van der Waals surface area contributed by atoms with Gasteiger partial charge in [0.1, 0.15) is 12.4 Å². The highest BCUT2D eigenvalue weighted by Gasteiger charge is 2.33. The van der Waals surface area contributed by atoms with Crippen LogP contribution in [0.5, 0.6) is 5.75 Å². The van der Waals surface area contributed by atoms with E-state index in [-0.39, 0.29) is 12.5 Å². The fourth-order valence-electron chi connectivity index (χ4n) is 2.14. The maximum absolute atomic E-state index is 11.1. The summed E-state index contributed by atoms with van der Waals surface area (Å²) >= 11 is 0. The number of carbonyl (C=O) groups is 1. The molecule has 0 bridgehead atoms. The molecule has 1 aromatic rings. The summed E-state index contributed by atoms with van der Waals surface area (Å²) in [6.07, 6.45) is 3.20. The van der Waals surface area contributed by atoms with Gasteiger partial charge in [-0.15, -0.1) is 0 Å². The van der Waals surface area contributed by atoms with E-state index in [2.05, 4.69) is 0 Å². The quantitative estimate of drug-likeness (QED) is 0.852. The average Bonchev–Trinajstić information content (AvgIpc) is 2.21. The van der Waals surface area contributed by atoms with E-state index < -0.39 is 5.97 Å². The molecule has 0 aliphatic heterocycles. The van der Waals surface area contributed by atoms with Crippen molar-refractivity contribution in [3.05, 3.63) is 29.8 Å². The first kappa shape index (κ1) is 12.0. The smallest absolute Gasteiger partial charge is 0.310 e. The first-order valence-corrected chi connectivity index (χ1v) is 6.09. The maximum atomic E-state index is 11.1. The number of carboxylic acids is 1. The Kier molecular flexibility index (Phi) is 3.67.